The molecule has 1 heterocycles. The Hall–Kier alpha value is -0.540. The van der Waals surface area contributed by atoms with Crippen LogP contribution in [0.1, 0.15) is 27.7 Å². The predicted molar refractivity (Wildman–Crippen MR) is 50.3 cm³/mol. The smallest absolute Gasteiger partial charge is 0.156 e. The first kappa shape index (κ1) is 10.5. The van der Waals surface area contributed by atoms with E-state index in [2.05, 4.69) is 0 Å². The van der Waals surface area contributed by atoms with Gasteiger partial charge in [0, 0.05) is 7.11 Å². The largest absolute Gasteiger partial charge is 0.489 e. The molecule has 1 aliphatic heterocycles. The van der Waals surface area contributed by atoms with Crippen molar-refractivity contribution < 1.29 is 14.6 Å². The lowest BCUT2D eigenvalue weighted by Gasteiger charge is -2.29. The van der Waals surface area contributed by atoms with Gasteiger partial charge in [0.15, 0.2) is 6.10 Å². The van der Waals surface area contributed by atoms with E-state index in [1.165, 1.54) is 0 Å². The van der Waals surface area contributed by atoms with Crippen molar-refractivity contribution in [2.75, 3.05) is 7.11 Å². The van der Waals surface area contributed by atoms with Crippen molar-refractivity contribution in [3.05, 3.63) is 11.3 Å². The molecule has 13 heavy (non-hydrogen) atoms. The van der Waals surface area contributed by atoms with E-state index in [0.29, 0.717) is 0 Å². The van der Waals surface area contributed by atoms with Crippen LogP contribution in [-0.4, -0.2) is 30.0 Å². The summed E-state index contributed by atoms with van der Waals surface area (Å²) in [6.45, 7) is 7.33. The highest BCUT2D eigenvalue weighted by Gasteiger charge is 2.42. The molecule has 0 aromatic rings. The van der Waals surface area contributed by atoms with Gasteiger partial charge >= 0.3 is 0 Å². The second kappa shape index (κ2) is 3.31. The first-order chi connectivity index (χ1) is 5.88. The number of hydrogen-bond acceptors (Lipinski definition) is 3. The fraction of sp³-hybridized carbons (Fsp3) is 0.800. The molecule has 0 aromatic heterocycles. The highest BCUT2D eigenvalue weighted by Crippen LogP contribution is 2.32. The van der Waals surface area contributed by atoms with Gasteiger partial charge in [-0.2, -0.15) is 0 Å². The molecule has 1 rings (SSSR count). The second-order valence-electron chi connectivity index (χ2n) is 4.09. The molecular weight excluding hydrogens is 168 g/mol. The van der Waals surface area contributed by atoms with Gasteiger partial charge in [0.1, 0.15) is 6.10 Å². The Balaban J connectivity index is 2.85. The summed E-state index contributed by atoms with van der Waals surface area (Å²) in [5.74, 6) is 0.860. The zero-order valence-electron chi connectivity index (χ0n) is 8.92. The molecule has 76 valence electrons. The zero-order chi connectivity index (χ0) is 10.2. The molecule has 0 aromatic carbocycles. The van der Waals surface area contributed by atoms with Crippen LogP contribution in [0, 0.1) is 0 Å². The van der Waals surface area contributed by atoms with Crippen LogP contribution >= 0.6 is 0 Å². The van der Waals surface area contributed by atoms with Gasteiger partial charge in [-0.1, -0.05) is 0 Å². The molecule has 0 saturated carbocycles. The molecule has 0 spiro atoms. The Morgan fingerprint density at radius 1 is 1.38 bits per heavy atom. The van der Waals surface area contributed by atoms with Crippen molar-refractivity contribution >= 4 is 0 Å². The number of allylic oxidation sites excluding steroid dienone is 1. The second-order valence-corrected chi connectivity index (χ2v) is 4.09. The maximum atomic E-state index is 9.82. The van der Waals surface area contributed by atoms with E-state index in [9.17, 15) is 5.11 Å². The summed E-state index contributed by atoms with van der Waals surface area (Å²) in [5.41, 5.74) is 0.189. The predicted octanol–water partition coefficient (Wildman–Crippen LogP) is 1.47. The maximum Gasteiger partial charge on any atom is 0.156 e. The van der Waals surface area contributed by atoms with Crippen molar-refractivity contribution in [1.82, 2.24) is 0 Å². The molecule has 0 amide bonds. The molecule has 0 radical (unpaired) electrons. The summed E-state index contributed by atoms with van der Waals surface area (Å²) < 4.78 is 10.8. The van der Waals surface area contributed by atoms with Gasteiger partial charge in [0.25, 0.3) is 0 Å². The summed E-state index contributed by atoms with van der Waals surface area (Å²) in [4.78, 5) is 0. The van der Waals surface area contributed by atoms with Crippen LogP contribution in [0.2, 0.25) is 0 Å². The number of aliphatic hydroxyl groups is 1. The van der Waals surface area contributed by atoms with E-state index < -0.39 is 5.60 Å². The fourth-order valence-corrected chi connectivity index (χ4v) is 1.59. The summed E-state index contributed by atoms with van der Waals surface area (Å²) in [6, 6.07) is 0. The average molecular weight is 186 g/mol. The molecule has 0 bridgehead atoms. The van der Waals surface area contributed by atoms with Gasteiger partial charge in [-0.15, -0.1) is 0 Å². The van der Waals surface area contributed by atoms with E-state index in [-0.39, 0.29) is 12.2 Å². The van der Waals surface area contributed by atoms with E-state index in [1.54, 1.807) is 21.0 Å². The van der Waals surface area contributed by atoms with Gasteiger partial charge < -0.3 is 14.6 Å². The van der Waals surface area contributed by atoms with E-state index in [1.807, 2.05) is 13.8 Å². The Labute approximate surface area is 79.3 Å². The Kier molecular flexibility index (Phi) is 2.68. The molecule has 1 aliphatic rings. The summed E-state index contributed by atoms with van der Waals surface area (Å²) >= 11 is 0. The number of hydrogen-bond donors (Lipinski definition) is 1. The van der Waals surface area contributed by atoms with E-state index in [4.69, 9.17) is 9.47 Å². The minimum absolute atomic E-state index is 0.125. The molecule has 3 nitrogen and oxygen atoms in total. The normalized spacial score (nSPS) is 29.4. The van der Waals surface area contributed by atoms with Crippen molar-refractivity contribution in [3.63, 3.8) is 0 Å². The van der Waals surface area contributed by atoms with Crippen molar-refractivity contribution in [2.24, 2.45) is 0 Å². The van der Waals surface area contributed by atoms with Crippen LogP contribution < -0.4 is 0 Å². The fourth-order valence-electron chi connectivity index (χ4n) is 1.59. The lowest BCUT2D eigenvalue weighted by atomic mass is 9.94. The molecule has 2 atom stereocenters. The van der Waals surface area contributed by atoms with Crippen LogP contribution in [0.4, 0.5) is 0 Å². The quantitative estimate of drug-likeness (QED) is 0.709. The van der Waals surface area contributed by atoms with Gasteiger partial charge in [0.05, 0.1) is 11.4 Å². The highest BCUT2D eigenvalue weighted by molar-refractivity contribution is 5.19. The molecule has 1 N–H and O–H groups in total. The minimum atomic E-state index is -0.875. The molecule has 2 unspecified atom stereocenters. The lowest BCUT2D eigenvalue weighted by molar-refractivity contribution is -0.0987. The molecule has 3 heteroatoms. The summed E-state index contributed by atoms with van der Waals surface area (Å²) in [5, 5.41) is 9.82. The third kappa shape index (κ3) is 1.86. The zero-order valence-corrected chi connectivity index (χ0v) is 8.92. The maximum absolute atomic E-state index is 9.82. The van der Waals surface area contributed by atoms with Crippen LogP contribution in [0.5, 0.6) is 0 Å². The molecular formula is C10H18O3. The average Bonchev–Trinajstić information content (AvgIpc) is 2.28. The lowest BCUT2D eigenvalue weighted by Crippen LogP contribution is -2.44. The molecule has 0 saturated heterocycles. The van der Waals surface area contributed by atoms with Crippen molar-refractivity contribution in [2.45, 2.75) is 45.5 Å². The number of rotatable bonds is 2. The molecule has 0 aliphatic carbocycles. The van der Waals surface area contributed by atoms with Crippen LogP contribution in [0.3, 0.4) is 0 Å². The SMILES string of the molecule is COC1C(C)=C(C)OC1C(C)(C)O. The van der Waals surface area contributed by atoms with Gasteiger partial charge in [-0.05, 0) is 33.3 Å². The van der Waals surface area contributed by atoms with Crippen LogP contribution in [0.25, 0.3) is 0 Å². The van der Waals surface area contributed by atoms with E-state index in [0.717, 1.165) is 11.3 Å². The minimum Gasteiger partial charge on any atom is -0.489 e. The number of methoxy groups -OCH3 is 1. The number of ether oxygens (including phenoxy) is 2. The van der Waals surface area contributed by atoms with Gasteiger partial charge in [-0.25, -0.2) is 0 Å². The van der Waals surface area contributed by atoms with Crippen LogP contribution in [0.15, 0.2) is 11.3 Å². The summed E-state index contributed by atoms with van der Waals surface area (Å²) in [6.07, 6.45) is -0.419. The monoisotopic (exact) mass is 186 g/mol. The van der Waals surface area contributed by atoms with E-state index >= 15 is 0 Å². The Morgan fingerprint density at radius 2 is 1.92 bits per heavy atom. The van der Waals surface area contributed by atoms with Crippen molar-refractivity contribution in [3.8, 4) is 0 Å². The standard InChI is InChI=1S/C10H18O3/c1-6-7(2)13-9(8(6)12-5)10(3,4)11/h8-9,11H,1-5H3. The summed E-state index contributed by atoms with van der Waals surface area (Å²) in [7, 11) is 1.63. The first-order valence-electron chi connectivity index (χ1n) is 4.47. The Bertz CT molecular complexity index is 225. The first-order valence-corrected chi connectivity index (χ1v) is 4.47. The highest BCUT2D eigenvalue weighted by atomic mass is 16.6. The third-order valence-electron chi connectivity index (χ3n) is 2.51. The van der Waals surface area contributed by atoms with Gasteiger partial charge in [0.2, 0.25) is 0 Å². The topological polar surface area (TPSA) is 38.7 Å². The Morgan fingerprint density at radius 3 is 2.23 bits per heavy atom. The third-order valence-corrected chi connectivity index (χ3v) is 2.51. The molecule has 0 fully saturated rings. The van der Waals surface area contributed by atoms with Crippen LogP contribution in [-0.2, 0) is 9.47 Å². The van der Waals surface area contributed by atoms with Crippen molar-refractivity contribution in [1.29, 1.82) is 0 Å². The van der Waals surface area contributed by atoms with Gasteiger partial charge in [-0.3, -0.25) is 0 Å².